The van der Waals surface area contributed by atoms with Crippen molar-refractivity contribution < 1.29 is 4.74 Å². The molecule has 0 saturated heterocycles. The minimum atomic E-state index is -0.135. The molecule has 1 atom stereocenters. The molecule has 0 fully saturated rings. The molecule has 2 nitrogen and oxygen atoms in total. The highest BCUT2D eigenvalue weighted by atomic mass is 35.5. The first-order valence-electron chi connectivity index (χ1n) is 6.54. The molecule has 0 N–H and O–H groups in total. The normalized spacial score (nSPS) is 11.7. The minimum Gasteiger partial charge on any atom is -0.493 e. The van der Waals surface area contributed by atoms with Gasteiger partial charge < -0.3 is 4.74 Å². The lowest BCUT2D eigenvalue weighted by Gasteiger charge is -2.12. The number of nitriles is 1. The van der Waals surface area contributed by atoms with E-state index in [2.05, 4.69) is 6.07 Å². The Hall–Kier alpha value is -1.98. The fraction of sp³-hybridized carbons (Fsp3) is 0.235. The van der Waals surface area contributed by atoms with Gasteiger partial charge >= 0.3 is 0 Å². The lowest BCUT2D eigenvalue weighted by molar-refractivity contribution is 0.304. The minimum absolute atomic E-state index is 0.135. The van der Waals surface area contributed by atoms with Gasteiger partial charge in [0.15, 0.2) is 0 Å². The Morgan fingerprint density at radius 1 is 1.20 bits per heavy atom. The molecule has 0 spiro atoms. The van der Waals surface area contributed by atoms with E-state index in [1.807, 2.05) is 55.5 Å². The molecule has 20 heavy (non-hydrogen) atoms. The molecule has 0 amide bonds. The van der Waals surface area contributed by atoms with Gasteiger partial charge in [-0.25, -0.2) is 0 Å². The summed E-state index contributed by atoms with van der Waals surface area (Å²) in [6, 6.07) is 17.7. The smallest absolute Gasteiger partial charge is 0.122 e. The van der Waals surface area contributed by atoms with E-state index in [0.29, 0.717) is 18.1 Å². The molecule has 0 aliphatic carbocycles. The Morgan fingerprint density at radius 3 is 2.60 bits per heavy atom. The van der Waals surface area contributed by atoms with Crippen LogP contribution in [0.2, 0.25) is 5.02 Å². The first-order valence-corrected chi connectivity index (χ1v) is 6.92. The van der Waals surface area contributed by atoms with Crippen molar-refractivity contribution in [2.75, 3.05) is 6.61 Å². The number of rotatable bonds is 5. The van der Waals surface area contributed by atoms with E-state index < -0.39 is 0 Å². The van der Waals surface area contributed by atoms with Crippen LogP contribution in [0, 0.1) is 18.3 Å². The zero-order valence-electron chi connectivity index (χ0n) is 11.3. The number of benzene rings is 2. The Bertz CT molecular complexity index is 604. The van der Waals surface area contributed by atoms with Gasteiger partial charge in [0.2, 0.25) is 0 Å². The molecule has 0 saturated carbocycles. The van der Waals surface area contributed by atoms with E-state index in [0.717, 1.165) is 16.9 Å². The summed E-state index contributed by atoms with van der Waals surface area (Å²) in [5, 5.41) is 9.95. The van der Waals surface area contributed by atoms with E-state index in [-0.39, 0.29) is 5.92 Å². The average Bonchev–Trinajstić information content (AvgIpc) is 2.46. The predicted molar refractivity (Wildman–Crippen MR) is 81.1 cm³/mol. The van der Waals surface area contributed by atoms with Crippen LogP contribution in [0.3, 0.4) is 0 Å². The second kappa shape index (κ2) is 6.98. The van der Waals surface area contributed by atoms with E-state index >= 15 is 0 Å². The van der Waals surface area contributed by atoms with E-state index in [1.165, 1.54) is 0 Å². The molecule has 2 rings (SSSR count). The fourth-order valence-corrected chi connectivity index (χ4v) is 2.28. The number of ether oxygens (including phenoxy) is 1. The molecule has 1 unspecified atom stereocenters. The van der Waals surface area contributed by atoms with Crippen LogP contribution in [0.1, 0.15) is 23.5 Å². The maximum Gasteiger partial charge on any atom is 0.122 e. The number of nitrogens with zero attached hydrogens (tertiary/aromatic N) is 1. The monoisotopic (exact) mass is 285 g/mol. The fourth-order valence-electron chi connectivity index (χ4n) is 2.05. The van der Waals surface area contributed by atoms with Crippen molar-refractivity contribution in [3.05, 3.63) is 64.7 Å². The van der Waals surface area contributed by atoms with Gasteiger partial charge in [0.1, 0.15) is 5.75 Å². The van der Waals surface area contributed by atoms with E-state index in [4.69, 9.17) is 16.3 Å². The number of halogens is 1. The zero-order valence-corrected chi connectivity index (χ0v) is 12.1. The Balaban J connectivity index is 1.93. The Morgan fingerprint density at radius 2 is 1.95 bits per heavy atom. The van der Waals surface area contributed by atoms with Crippen molar-refractivity contribution in [3.63, 3.8) is 0 Å². The highest BCUT2D eigenvalue weighted by molar-refractivity contribution is 6.30. The second-order valence-electron chi connectivity index (χ2n) is 4.64. The molecule has 0 aliphatic rings. The van der Waals surface area contributed by atoms with Crippen molar-refractivity contribution in [1.82, 2.24) is 0 Å². The molecule has 2 aromatic carbocycles. The summed E-state index contributed by atoms with van der Waals surface area (Å²) >= 11 is 5.91. The van der Waals surface area contributed by atoms with E-state index in [9.17, 15) is 5.26 Å². The van der Waals surface area contributed by atoms with Gasteiger partial charge in [0, 0.05) is 11.4 Å². The molecule has 102 valence electrons. The third-order valence-corrected chi connectivity index (χ3v) is 3.39. The van der Waals surface area contributed by atoms with E-state index in [1.54, 1.807) is 0 Å². The second-order valence-corrected chi connectivity index (χ2v) is 5.08. The average molecular weight is 286 g/mol. The summed E-state index contributed by atoms with van der Waals surface area (Å²) in [4.78, 5) is 0. The van der Waals surface area contributed by atoms with Crippen LogP contribution in [-0.4, -0.2) is 6.61 Å². The van der Waals surface area contributed by atoms with Crippen molar-refractivity contribution in [3.8, 4) is 11.8 Å². The predicted octanol–water partition coefficient (Wildman–Crippen LogP) is 4.72. The van der Waals surface area contributed by atoms with Gasteiger partial charge in [-0.1, -0.05) is 41.9 Å². The Labute approximate surface area is 124 Å². The number of hydrogen-bond acceptors (Lipinski definition) is 2. The molecule has 0 aromatic heterocycles. The third kappa shape index (κ3) is 3.76. The van der Waals surface area contributed by atoms with Crippen molar-refractivity contribution in [2.24, 2.45) is 0 Å². The Kier molecular flexibility index (Phi) is 5.03. The summed E-state index contributed by atoms with van der Waals surface area (Å²) in [6.45, 7) is 2.47. The first kappa shape index (κ1) is 14.4. The van der Waals surface area contributed by atoms with Crippen LogP contribution in [0.15, 0.2) is 48.5 Å². The topological polar surface area (TPSA) is 33.0 Å². The van der Waals surface area contributed by atoms with Gasteiger partial charge in [-0.05, 0) is 36.2 Å². The molecule has 0 heterocycles. The molecule has 3 heteroatoms. The summed E-state index contributed by atoms with van der Waals surface area (Å²) in [7, 11) is 0. The highest BCUT2D eigenvalue weighted by Crippen LogP contribution is 2.23. The van der Waals surface area contributed by atoms with Gasteiger partial charge in [-0.2, -0.15) is 5.26 Å². The van der Waals surface area contributed by atoms with Crippen LogP contribution in [0.25, 0.3) is 0 Å². The maximum atomic E-state index is 9.24. The molecule has 0 bridgehead atoms. The molecular formula is C17H16ClNO. The van der Waals surface area contributed by atoms with Crippen LogP contribution in [-0.2, 0) is 0 Å². The molecule has 0 radical (unpaired) electrons. The SMILES string of the molecule is Cc1cc(Cl)ccc1OCCC(C#N)c1ccccc1. The molecule has 2 aromatic rings. The van der Waals surface area contributed by atoms with Crippen LogP contribution in [0.5, 0.6) is 5.75 Å². The zero-order chi connectivity index (χ0) is 14.4. The van der Waals surface area contributed by atoms with Crippen molar-refractivity contribution in [2.45, 2.75) is 19.3 Å². The van der Waals surface area contributed by atoms with Gasteiger partial charge in [-0.15, -0.1) is 0 Å². The molecular weight excluding hydrogens is 270 g/mol. The summed E-state index contributed by atoms with van der Waals surface area (Å²) in [5.74, 6) is 0.683. The van der Waals surface area contributed by atoms with Crippen molar-refractivity contribution >= 4 is 11.6 Å². The van der Waals surface area contributed by atoms with Crippen LogP contribution in [0.4, 0.5) is 0 Å². The summed E-state index contributed by atoms with van der Waals surface area (Å²) in [6.07, 6.45) is 0.669. The molecule has 0 aliphatic heterocycles. The van der Waals surface area contributed by atoms with Gasteiger partial charge in [-0.3, -0.25) is 0 Å². The number of hydrogen-bond donors (Lipinski definition) is 0. The standard InChI is InChI=1S/C17H16ClNO/c1-13-11-16(18)7-8-17(13)20-10-9-15(12-19)14-5-3-2-4-6-14/h2-8,11,15H,9-10H2,1H3. The maximum absolute atomic E-state index is 9.24. The quantitative estimate of drug-likeness (QED) is 0.796. The van der Waals surface area contributed by atoms with Gasteiger partial charge in [0.05, 0.1) is 18.6 Å². The third-order valence-electron chi connectivity index (χ3n) is 3.16. The lowest BCUT2D eigenvalue weighted by Crippen LogP contribution is -2.05. The number of aryl methyl sites for hydroxylation is 1. The summed E-state index contributed by atoms with van der Waals surface area (Å²) < 4.78 is 5.74. The lowest BCUT2D eigenvalue weighted by atomic mass is 9.98. The van der Waals surface area contributed by atoms with Crippen LogP contribution >= 0.6 is 11.6 Å². The largest absolute Gasteiger partial charge is 0.493 e. The highest BCUT2D eigenvalue weighted by Gasteiger charge is 2.10. The van der Waals surface area contributed by atoms with Crippen LogP contribution < -0.4 is 4.74 Å². The van der Waals surface area contributed by atoms with Crippen molar-refractivity contribution in [1.29, 1.82) is 5.26 Å². The van der Waals surface area contributed by atoms with Gasteiger partial charge in [0.25, 0.3) is 0 Å². The first-order chi connectivity index (χ1) is 9.70. The summed E-state index contributed by atoms with van der Waals surface area (Å²) in [5.41, 5.74) is 2.04.